The number of nitrogens with zero attached hydrogens (tertiary/aromatic N) is 1. The summed E-state index contributed by atoms with van der Waals surface area (Å²) in [5.41, 5.74) is -0.839. The van der Waals surface area contributed by atoms with E-state index in [0.717, 1.165) is 19.0 Å². The van der Waals surface area contributed by atoms with Crippen LogP contribution in [0.4, 0.5) is 0 Å². The Morgan fingerprint density at radius 1 is 1.47 bits per heavy atom. The van der Waals surface area contributed by atoms with E-state index in [2.05, 4.69) is 17.1 Å². The Balaban J connectivity index is 2.57. The second-order valence-corrected chi connectivity index (χ2v) is 5.89. The van der Waals surface area contributed by atoms with Crippen LogP contribution in [0.2, 0.25) is 0 Å². The van der Waals surface area contributed by atoms with Crippen LogP contribution in [0.5, 0.6) is 0 Å². The van der Waals surface area contributed by atoms with Crippen molar-refractivity contribution in [1.29, 1.82) is 0 Å². The van der Waals surface area contributed by atoms with E-state index in [4.69, 9.17) is 0 Å². The molecule has 0 spiro atoms. The summed E-state index contributed by atoms with van der Waals surface area (Å²) < 4.78 is 0. The van der Waals surface area contributed by atoms with E-state index in [9.17, 15) is 9.90 Å². The molecule has 0 aromatic heterocycles. The fraction of sp³-hybridized carbons (Fsp3) is 0.923. The Hall–Kier alpha value is -0.610. The Kier molecular flexibility index (Phi) is 4.95. The van der Waals surface area contributed by atoms with E-state index in [1.165, 1.54) is 12.8 Å². The van der Waals surface area contributed by atoms with Crippen LogP contribution in [0.3, 0.4) is 0 Å². The largest absolute Gasteiger partial charge is 0.480 e. The van der Waals surface area contributed by atoms with E-state index in [1.807, 2.05) is 13.8 Å². The molecule has 0 saturated carbocycles. The molecule has 1 aliphatic rings. The summed E-state index contributed by atoms with van der Waals surface area (Å²) in [5, 5.41) is 12.5. The van der Waals surface area contributed by atoms with Crippen molar-refractivity contribution >= 4 is 5.97 Å². The van der Waals surface area contributed by atoms with Gasteiger partial charge >= 0.3 is 5.97 Å². The van der Waals surface area contributed by atoms with Crippen molar-refractivity contribution < 1.29 is 9.90 Å². The van der Waals surface area contributed by atoms with E-state index in [-0.39, 0.29) is 6.04 Å². The molecule has 1 rings (SSSR count). The maximum atomic E-state index is 11.4. The highest BCUT2D eigenvalue weighted by atomic mass is 16.4. The molecule has 1 aliphatic heterocycles. The van der Waals surface area contributed by atoms with E-state index in [0.29, 0.717) is 6.54 Å². The molecule has 0 aliphatic carbocycles. The fourth-order valence-corrected chi connectivity index (χ4v) is 2.48. The molecule has 0 bridgehead atoms. The number of hydrogen-bond acceptors (Lipinski definition) is 3. The zero-order valence-electron chi connectivity index (χ0n) is 11.5. The number of likely N-dealkylation sites (tertiary alicyclic amines) is 1. The maximum Gasteiger partial charge on any atom is 0.324 e. The minimum atomic E-state index is -0.839. The molecule has 100 valence electrons. The van der Waals surface area contributed by atoms with Crippen LogP contribution in [0, 0.1) is 5.92 Å². The van der Waals surface area contributed by atoms with Crippen molar-refractivity contribution in [1.82, 2.24) is 10.2 Å². The van der Waals surface area contributed by atoms with Gasteiger partial charge in [0.05, 0.1) is 0 Å². The summed E-state index contributed by atoms with van der Waals surface area (Å²) in [6.45, 7) is 10.6. The molecule has 0 aromatic rings. The first-order valence-corrected chi connectivity index (χ1v) is 6.57. The molecule has 1 saturated heterocycles. The molecule has 4 heteroatoms. The average molecular weight is 242 g/mol. The van der Waals surface area contributed by atoms with Gasteiger partial charge in [0.15, 0.2) is 0 Å². The number of aliphatic carboxylic acids is 1. The molecule has 4 nitrogen and oxygen atoms in total. The predicted molar refractivity (Wildman–Crippen MR) is 69.2 cm³/mol. The van der Waals surface area contributed by atoms with Crippen molar-refractivity contribution in [2.24, 2.45) is 5.92 Å². The van der Waals surface area contributed by atoms with Crippen molar-refractivity contribution in [3.63, 3.8) is 0 Å². The number of carbonyl (C=O) groups is 1. The topological polar surface area (TPSA) is 52.6 Å². The number of carboxylic acids is 1. The SMILES string of the molecule is CC1CCN(CC(C)(NC(C)C)C(=O)O)CC1. The summed E-state index contributed by atoms with van der Waals surface area (Å²) in [6.07, 6.45) is 2.36. The Morgan fingerprint density at radius 3 is 2.41 bits per heavy atom. The van der Waals surface area contributed by atoms with Crippen LogP contribution in [-0.4, -0.2) is 47.2 Å². The van der Waals surface area contributed by atoms with E-state index >= 15 is 0 Å². The molecule has 1 heterocycles. The Bertz CT molecular complexity index is 260. The number of hydrogen-bond donors (Lipinski definition) is 2. The van der Waals surface area contributed by atoms with Gasteiger partial charge in [-0.3, -0.25) is 10.1 Å². The van der Waals surface area contributed by atoms with Crippen LogP contribution in [-0.2, 0) is 4.79 Å². The average Bonchev–Trinajstić information content (AvgIpc) is 2.20. The second kappa shape index (κ2) is 5.83. The number of carboxylic acid groups (broad SMARTS) is 1. The highest BCUT2D eigenvalue weighted by Gasteiger charge is 2.36. The molecule has 2 N–H and O–H groups in total. The van der Waals surface area contributed by atoms with Gasteiger partial charge in [0.25, 0.3) is 0 Å². The number of rotatable bonds is 5. The van der Waals surface area contributed by atoms with Gasteiger partial charge in [0, 0.05) is 12.6 Å². The minimum absolute atomic E-state index is 0.180. The molecular weight excluding hydrogens is 216 g/mol. The molecule has 1 unspecified atom stereocenters. The summed E-state index contributed by atoms with van der Waals surface area (Å²) in [7, 11) is 0. The predicted octanol–water partition coefficient (Wildman–Crippen LogP) is 1.56. The quantitative estimate of drug-likeness (QED) is 0.768. The van der Waals surface area contributed by atoms with Crippen LogP contribution >= 0.6 is 0 Å². The summed E-state index contributed by atoms with van der Waals surface area (Å²) in [6, 6.07) is 0.180. The van der Waals surface area contributed by atoms with Gasteiger partial charge in [-0.1, -0.05) is 6.92 Å². The lowest BCUT2D eigenvalue weighted by Crippen LogP contribution is -2.59. The lowest BCUT2D eigenvalue weighted by molar-refractivity contribution is -0.145. The van der Waals surface area contributed by atoms with Gasteiger partial charge in [0.2, 0.25) is 0 Å². The molecular formula is C13H26N2O2. The van der Waals surface area contributed by atoms with Gasteiger partial charge in [-0.2, -0.15) is 0 Å². The monoisotopic (exact) mass is 242 g/mol. The summed E-state index contributed by atoms with van der Waals surface area (Å²) in [4.78, 5) is 13.7. The molecule has 1 fully saturated rings. The highest BCUT2D eigenvalue weighted by Crippen LogP contribution is 2.18. The first kappa shape index (κ1) is 14.5. The van der Waals surface area contributed by atoms with Gasteiger partial charge in [-0.25, -0.2) is 0 Å². The normalized spacial score (nSPS) is 22.6. The van der Waals surface area contributed by atoms with Gasteiger partial charge in [-0.05, 0) is 52.6 Å². The maximum absolute atomic E-state index is 11.4. The molecule has 1 atom stereocenters. The Labute approximate surface area is 104 Å². The zero-order valence-corrected chi connectivity index (χ0v) is 11.5. The lowest BCUT2D eigenvalue weighted by Gasteiger charge is -2.37. The molecule has 0 amide bonds. The standard InChI is InChI=1S/C13H26N2O2/c1-10(2)14-13(4,12(16)17)9-15-7-5-11(3)6-8-15/h10-11,14H,5-9H2,1-4H3,(H,16,17). The summed E-state index contributed by atoms with van der Waals surface area (Å²) >= 11 is 0. The van der Waals surface area contributed by atoms with Gasteiger partial charge in [0.1, 0.15) is 5.54 Å². The van der Waals surface area contributed by atoms with Crippen LogP contribution in [0.1, 0.15) is 40.5 Å². The van der Waals surface area contributed by atoms with Gasteiger partial charge < -0.3 is 10.0 Å². The third-order valence-electron chi connectivity index (χ3n) is 3.50. The first-order chi connectivity index (χ1) is 7.83. The molecule has 17 heavy (non-hydrogen) atoms. The minimum Gasteiger partial charge on any atom is -0.480 e. The van der Waals surface area contributed by atoms with E-state index in [1.54, 1.807) is 6.92 Å². The fourth-order valence-electron chi connectivity index (χ4n) is 2.48. The summed E-state index contributed by atoms with van der Waals surface area (Å²) in [5.74, 6) is 0.0187. The van der Waals surface area contributed by atoms with Crippen molar-refractivity contribution in [2.45, 2.75) is 52.1 Å². The molecule has 0 radical (unpaired) electrons. The van der Waals surface area contributed by atoms with Crippen LogP contribution < -0.4 is 5.32 Å². The van der Waals surface area contributed by atoms with Crippen molar-refractivity contribution in [3.8, 4) is 0 Å². The second-order valence-electron chi connectivity index (χ2n) is 5.89. The first-order valence-electron chi connectivity index (χ1n) is 6.57. The third-order valence-corrected chi connectivity index (χ3v) is 3.50. The number of nitrogens with one attached hydrogen (secondary N) is 1. The Morgan fingerprint density at radius 2 is 2.00 bits per heavy atom. The third kappa shape index (κ3) is 4.28. The smallest absolute Gasteiger partial charge is 0.324 e. The highest BCUT2D eigenvalue weighted by molar-refractivity contribution is 5.78. The van der Waals surface area contributed by atoms with E-state index < -0.39 is 11.5 Å². The van der Waals surface area contributed by atoms with Crippen molar-refractivity contribution in [2.75, 3.05) is 19.6 Å². The van der Waals surface area contributed by atoms with Crippen LogP contribution in [0.25, 0.3) is 0 Å². The lowest BCUT2D eigenvalue weighted by atomic mass is 9.95. The molecule has 0 aromatic carbocycles. The zero-order chi connectivity index (χ0) is 13.1. The van der Waals surface area contributed by atoms with Gasteiger partial charge in [-0.15, -0.1) is 0 Å². The van der Waals surface area contributed by atoms with Crippen LogP contribution in [0.15, 0.2) is 0 Å². The number of piperidine rings is 1. The van der Waals surface area contributed by atoms with Crippen molar-refractivity contribution in [3.05, 3.63) is 0 Å².